The van der Waals surface area contributed by atoms with Crippen LogP contribution in [0.1, 0.15) is 31.9 Å². The van der Waals surface area contributed by atoms with Crippen LogP contribution < -0.4 is 0 Å². The summed E-state index contributed by atoms with van der Waals surface area (Å²) in [7, 11) is 0. The predicted octanol–water partition coefficient (Wildman–Crippen LogP) is 3.11. The smallest absolute Gasteiger partial charge is 0.349 e. The molecule has 0 aliphatic heterocycles. The Morgan fingerprint density at radius 2 is 2.22 bits per heavy atom. The Hall–Kier alpha value is -2.08. The van der Waals surface area contributed by atoms with Crippen LogP contribution >= 0.6 is 0 Å². The van der Waals surface area contributed by atoms with Crippen molar-refractivity contribution in [3.8, 4) is 6.07 Å². The van der Waals surface area contributed by atoms with E-state index in [1.54, 1.807) is 19.9 Å². The van der Waals surface area contributed by atoms with Gasteiger partial charge in [0.25, 0.3) is 0 Å². The Kier molecular flexibility index (Phi) is 5.13. The van der Waals surface area contributed by atoms with Gasteiger partial charge in [-0.3, -0.25) is 0 Å². The summed E-state index contributed by atoms with van der Waals surface area (Å²) in [4.78, 5) is 11.6. The number of hydrogen-bond acceptors (Lipinski definition) is 3. The Bertz CT molecular complexity index is 495. The fourth-order valence-electron chi connectivity index (χ4n) is 1.48. The summed E-state index contributed by atoms with van der Waals surface area (Å²) in [6.07, 6.45) is 2.25. The normalized spacial score (nSPS) is 11.2. The molecule has 0 aromatic heterocycles. The molecule has 1 aromatic carbocycles. The number of rotatable bonds is 4. The van der Waals surface area contributed by atoms with Gasteiger partial charge in [0.2, 0.25) is 0 Å². The van der Waals surface area contributed by atoms with E-state index in [0.717, 1.165) is 12.0 Å². The lowest BCUT2D eigenvalue weighted by molar-refractivity contribution is -0.142. The second-order valence-corrected chi connectivity index (χ2v) is 4.22. The van der Waals surface area contributed by atoms with Crippen LogP contribution in [0.4, 0.5) is 0 Å². The van der Waals surface area contributed by atoms with E-state index in [-0.39, 0.29) is 11.7 Å². The van der Waals surface area contributed by atoms with E-state index < -0.39 is 5.97 Å². The van der Waals surface area contributed by atoms with Crippen molar-refractivity contribution < 1.29 is 9.53 Å². The highest BCUT2D eigenvalue weighted by Crippen LogP contribution is 2.11. The van der Waals surface area contributed by atoms with E-state index in [4.69, 9.17) is 10.00 Å². The summed E-state index contributed by atoms with van der Waals surface area (Å²) in [6, 6.07) is 9.62. The van der Waals surface area contributed by atoms with Gasteiger partial charge in [-0.1, -0.05) is 31.2 Å². The molecule has 3 nitrogen and oxygen atoms in total. The largest absolute Gasteiger partial charge is 0.459 e. The first-order chi connectivity index (χ1) is 8.56. The molecule has 0 N–H and O–H groups in total. The molecule has 0 heterocycles. The average molecular weight is 243 g/mol. The van der Waals surface area contributed by atoms with Crippen molar-refractivity contribution in [1.82, 2.24) is 0 Å². The zero-order chi connectivity index (χ0) is 13.5. The molecule has 1 aromatic rings. The van der Waals surface area contributed by atoms with Crippen LogP contribution in [0.3, 0.4) is 0 Å². The third-order valence-corrected chi connectivity index (χ3v) is 2.35. The highest BCUT2D eigenvalue weighted by Gasteiger charge is 2.12. The summed E-state index contributed by atoms with van der Waals surface area (Å²) in [5, 5.41) is 8.98. The maximum atomic E-state index is 11.6. The van der Waals surface area contributed by atoms with Gasteiger partial charge in [-0.2, -0.15) is 5.26 Å². The maximum absolute atomic E-state index is 11.6. The lowest BCUT2D eigenvalue weighted by atomic mass is 10.1. The minimum atomic E-state index is -0.575. The van der Waals surface area contributed by atoms with E-state index in [1.807, 2.05) is 30.3 Å². The number of hydrogen-bond donors (Lipinski definition) is 0. The van der Waals surface area contributed by atoms with Crippen LogP contribution in [-0.4, -0.2) is 12.1 Å². The first-order valence-electron chi connectivity index (χ1n) is 5.98. The molecule has 0 radical (unpaired) electrons. The standard InChI is InChI=1S/C15H17NO2/c1-4-12-6-5-7-13(8-12)9-14(10-16)15(17)18-11(2)3/h5-9,11H,4H2,1-3H3/b14-9+. The molecule has 0 aliphatic carbocycles. The van der Waals surface area contributed by atoms with Crippen molar-refractivity contribution in [2.45, 2.75) is 33.3 Å². The number of aryl methyl sites for hydroxylation is 1. The van der Waals surface area contributed by atoms with Gasteiger partial charge in [-0.15, -0.1) is 0 Å². The first-order valence-corrected chi connectivity index (χ1v) is 5.98. The molecule has 18 heavy (non-hydrogen) atoms. The zero-order valence-corrected chi connectivity index (χ0v) is 10.9. The molecule has 1 rings (SSSR count). The van der Waals surface area contributed by atoms with Crippen LogP contribution in [0.25, 0.3) is 6.08 Å². The second kappa shape index (κ2) is 6.61. The molecule has 0 bridgehead atoms. The van der Waals surface area contributed by atoms with Crippen molar-refractivity contribution in [2.75, 3.05) is 0 Å². The minimum Gasteiger partial charge on any atom is -0.459 e. The molecule has 0 unspecified atom stereocenters. The lowest BCUT2D eigenvalue weighted by Crippen LogP contribution is -2.12. The lowest BCUT2D eigenvalue weighted by Gasteiger charge is -2.06. The zero-order valence-electron chi connectivity index (χ0n) is 10.9. The van der Waals surface area contributed by atoms with Gasteiger partial charge < -0.3 is 4.74 Å². The second-order valence-electron chi connectivity index (χ2n) is 4.22. The van der Waals surface area contributed by atoms with Crippen LogP contribution in [0.15, 0.2) is 29.8 Å². The molecule has 0 saturated heterocycles. The highest BCUT2D eigenvalue weighted by molar-refractivity contribution is 5.97. The SMILES string of the molecule is CCc1cccc(/C=C(\C#N)C(=O)OC(C)C)c1. The van der Waals surface area contributed by atoms with E-state index in [1.165, 1.54) is 5.56 Å². The molecular formula is C15H17NO2. The summed E-state index contributed by atoms with van der Waals surface area (Å²) in [5.41, 5.74) is 2.03. The van der Waals surface area contributed by atoms with Gasteiger partial charge >= 0.3 is 5.97 Å². The molecular weight excluding hydrogens is 226 g/mol. The number of nitriles is 1. The van der Waals surface area contributed by atoms with Crippen molar-refractivity contribution in [3.63, 3.8) is 0 Å². The van der Waals surface area contributed by atoms with Gasteiger partial charge in [0.1, 0.15) is 11.6 Å². The highest BCUT2D eigenvalue weighted by atomic mass is 16.5. The monoisotopic (exact) mass is 243 g/mol. The molecule has 3 heteroatoms. The van der Waals surface area contributed by atoms with Crippen LogP contribution in [0.2, 0.25) is 0 Å². The molecule has 0 amide bonds. The van der Waals surface area contributed by atoms with Gasteiger partial charge in [-0.05, 0) is 37.5 Å². The minimum absolute atomic E-state index is 0.0250. The third-order valence-electron chi connectivity index (χ3n) is 2.35. The molecule has 0 fully saturated rings. The van der Waals surface area contributed by atoms with Gasteiger partial charge in [0.05, 0.1) is 6.10 Å². The number of carbonyl (C=O) groups excluding carboxylic acids is 1. The third kappa shape index (κ3) is 4.06. The Labute approximate surface area is 108 Å². The van der Waals surface area contributed by atoms with E-state index >= 15 is 0 Å². The van der Waals surface area contributed by atoms with Gasteiger partial charge in [-0.25, -0.2) is 4.79 Å². The number of benzene rings is 1. The average Bonchev–Trinajstić information content (AvgIpc) is 2.35. The molecule has 94 valence electrons. The number of ether oxygens (including phenoxy) is 1. The van der Waals surface area contributed by atoms with Crippen molar-refractivity contribution in [1.29, 1.82) is 5.26 Å². The summed E-state index contributed by atoms with van der Waals surface area (Å²) < 4.78 is 5.00. The number of nitrogens with zero attached hydrogens (tertiary/aromatic N) is 1. The van der Waals surface area contributed by atoms with Gasteiger partial charge in [0.15, 0.2) is 0 Å². The van der Waals surface area contributed by atoms with Gasteiger partial charge in [0, 0.05) is 0 Å². The fourth-order valence-corrected chi connectivity index (χ4v) is 1.48. The maximum Gasteiger partial charge on any atom is 0.349 e. The topological polar surface area (TPSA) is 50.1 Å². The van der Waals surface area contributed by atoms with Crippen molar-refractivity contribution in [3.05, 3.63) is 41.0 Å². The quantitative estimate of drug-likeness (QED) is 0.464. The predicted molar refractivity (Wildman–Crippen MR) is 70.6 cm³/mol. The Morgan fingerprint density at radius 1 is 1.50 bits per heavy atom. The van der Waals surface area contributed by atoms with E-state index in [0.29, 0.717) is 0 Å². The van der Waals surface area contributed by atoms with Crippen molar-refractivity contribution >= 4 is 12.0 Å². The van der Waals surface area contributed by atoms with E-state index in [9.17, 15) is 4.79 Å². The Balaban J connectivity index is 2.97. The Morgan fingerprint density at radius 3 is 2.78 bits per heavy atom. The molecule has 0 atom stereocenters. The van der Waals surface area contributed by atoms with Crippen LogP contribution in [0.5, 0.6) is 0 Å². The van der Waals surface area contributed by atoms with Crippen LogP contribution in [0, 0.1) is 11.3 Å². The van der Waals surface area contributed by atoms with E-state index in [2.05, 4.69) is 6.92 Å². The summed E-state index contributed by atoms with van der Waals surface area (Å²) >= 11 is 0. The summed E-state index contributed by atoms with van der Waals surface area (Å²) in [6.45, 7) is 5.57. The molecule has 0 aliphatic rings. The molecule has 0 spiro atoms. The fraction of sp³-hybridized carbons (Fsp3) is 0.333. The first kappa shape index (κ1) is 14.0. The summed E-state index contributed by atoms with van der Waals surface area (Å²) in [5.74, 6) is -0.575. The molecule has 0 saturated carbocycles. The number of carbonyl (C=O) groups is 1. The number of esters is 1. The van der Waals surface area contributed by atoms with Crippen molar-refractivity contribution in [2.24, 2.45) is 0 Å². The van der Waals surface area contributed by atoms with Crippen LogP contribution in [-0.2, 0) is 16.0 Å².